The molecule has 33 heavy (non-hydrogen) atoms. The smallest absolute Gasteiger partial charge is 0.242 e. The minimum Gasteiger partial charge on any atom is -0.352 e. The van der Waals surface area contributed by atoms with Crippen molar-refractivity contribution < 1.29 is 14.0 Å². The second-order valence-corrected chi connectivity index (χ2v) is 10.3. The molecule has 9 heteroatoms. The van der Waals surface area contributed by atoms with Crippen LogP contribution in [0.1, 0.15) is 43.7 Å². The van der Waals surface area contributed by atoms with Crippen LogP contribution in [0.15, 0.2) is 36.4 Å². The molecule has 0 aromatic heterocycles. The highest BCUT2D eigenvalue weighted by Crippen LogP contribution is 2.26. The average molecular weight is 532 g/mol. The van der Waals surface area contributed by atoms with Crippen molar-refractivity contribution >= 4 is 58.4 Å². The fourth-order valence-electron chi connectivity index (χ4n) is 3.80. The maximum atomic E-state index is 14.0. The van der Waals surface area contributed by atoms with E-state index < -0.39 is 11.9 Å². The molecule has 178 valence electrons. The molecule has 2 aromatic carbocycles. The molecule has 1 fully saturated rings. The molecule has 2 aromatic rings. The number of hydrogen-bond donors (Lipinski definition) is 1. The molecule has 0 saturated heterocycles. The van der Waals surface area contributed by atoms with Gasteiger partial charge < -0.3 is 10.2 Å². The Morgan fingerprint density at radius 3 is 2.52 bits per heavy atom. The predicted molar refractivity (Wildman–Crippen MR) is 134 cm³/mol. The third-order valence-corrected chi connectivity index (χ3v) is 7.78. The van der Waals surface area contributed by atoms with E-state index in [9.17, 15) is 14.0 Å². The number of nitrogens with one attached hydrogen (secondary N) is 1. The van der Waals surface area contributed by atoms with E-state index in [4.69, 9.17) is 34.8 Å². The van der Waals surface area contributed by atoms with E-state index in [-0.39, 0.29) is 35.9 Å². The Labute approximate surface area is 213 Å². The zero-order valence-corrected chi connectivity index (χ0v) is 21.3. The SMILES string of the molecule is CC(C(=O)NC1CCCC1)N(Cc1ccc(Cl)c(Cl)c1)C(=O)CSCc1c(F)cccc1Cl. The van der Waals surface area contributed by atoms with Crippen LogP contribution in [0, 0.1) is 5.82 Å². The molecule has 4 nitrogen and oxygen atoms in total. The lowest BCUT2D eigenvalue weighted by Crippen LogP contribution is -2.50. The molecule has 1 atom stereocenters. The third-order valence-electron chi connectivity index (χ3n) is 5.74. The molecule has 0 radical (unpaired) electrons. The molecule has 0 spiro atoms. The lowest BCUT2D eigenvalue weighted by molar-refractivity contribution is -0.138. The average Bonchev–Trinajstić information content (AvgIpc) is 3.29. The second-order valence-electron chi connectivity index (χ2n) is 8.13. The first-order valence-electron chi connectivity index (χ1n) is 10.8. The lowest BCUT2D eigenvalue weighted by atomic mass is 10.1. The minimum absolute atomic E-state index is 0.0764. The summed E-state index contributed by atoms with van der Waals surface area (Å²) in [5.74, 6) is -0.488. The van der Waals surface area contributed by atoms with Crippen LogP contribution in [0.5, 0.6) is 0 Å². The van der Waals surface area contributed by atoms with E-state index in [0.29, 0.717) is 20.6 Å². The molecule has 0 heterocycles. The number of hydrogen-bond acceptors (Lipinski definition) is 3. The molecule has 3 rings (SSSR count). The van der Waals surface area contributed by atoms with Gasteiger partial charge in [-0.25, -0.2) is 4.39 Å². The van der Waals surface area contributed by atoms with Crippen LogP contribution in [0.2, 0.25) is 15.1 Å². The first-order valence-corrected chi connectivity index (χ1v) is 13.1. The summed E-state index contributed by atoms with van der Waals surface area (Å²) in [6.45, 7) is 1.92. The second kappa shape index (κ2) is 12.3. The highest BCUT2D eigenvalue weighted by atomic mass is 35.5. The summed E-state index contributed by atoms with van der Waals surface area (Å²) < 4.78 is 14.0. The van der Waals surface area contributed by atoms with Gasteiger partial charge in [0.25, 0.3) is 0 Å². The normalized spacial score (nSPS) is 14.8. The summed E-state index contributed by atoms with van der Waals surface area (Å²) in [5, 5.41) is 4.19. The van der Waals surface area contributed by atoms with Crippen LogP contribution in [0.25, 0.3) is 0 Å². The summed E-state index contributed by atoms with van der Waals surface area (Å²) in [6.07, 6.45) is 4.11. The monoisotopic (exact) mass is 530 g/mol. The number of nitrogens with zero attached hydrogens (tertiary/aromatic N) is 1. The Morgan fingerprint density at radius 1 is 1.12 bits per heavy atom. The Hall–Kier alpha value is -1.47. The predicted octanol–water partition coefficient (Wildman–Crippen LogP) is 6.50. The van der Waals surface area contributed by atoms with Gasteiger partial charge >= 0.3 is 0 Å². The van der Waals surface area contributed by atoms with Gasteiger partial charge in [-0.05, 0) is 49.6 Å². The van der Waals surface area contributed by atoms with Crippen molar-refractivity contribution in [3.8, 4) is 0 Å². The molecule has 1 unspecified atom stereocenters. The van der Waals surface area contributed by atoms with Gasteiger partial charge in [0.1, 0.15) is 11.9 Å². The molecular formula is C24H26Cl3FN2O2S. The van der Waals surface area contributed by atoms with Crippen molar-refractivity contribution in [1.82, 2.24) is 10.2 Å². The number of rotatable bonds is 9. The highest BCUT2D eigenvalue weighted by molar-refractivity contribution is 7.99. The summed E-state index contributed by atoms with van der Waals surface area (Å²) in [5.41, 5.74) is 1.13. The van der Waals surface area contributed by atoms with Gasteiger partial charge in [-0.1, -0.05) is 59.8 Å². The Kier molecular flexibility index (Phi) is 9.74. The van der Waals surface area contributed by atoms with E-state index in [1.807, 2.05) is 0 Å². The van der Waals surface area contributed by atoms with Crippen molar-refractivity contribution in [2.24, 2.45) is 0 Å². The fraction of sp³-hybridized carbons (Fsp3) is 0.417. The molecule has 1 saturated carbocycles. The van der Waals surface area contributed by atoms with Gasteiger partial charge in [-0.3, -0.25) is 9.59 Å². The van der Waals surface area contributed by atoms with Crippen molar-refractivity contribution in [2.45, 2.75) is 57.0 Å². The first kappa shape index (κ1) is 26.1. The molecule has 1 N–H and O–H groups in total. The quantitative estimate of drug-likeness (QED) is 0.402. The number of amides is 2. The van der Waals surface area contributed by atoms with Crippen LogP contribution in [-0.2, 0) is 21.9 Å². The largest absolute Gasteiger partial charge is 0.352 e. The van der Waals surface area contributed by atoms with E-state index in [2.05, 4.69) is 5.32 Å². The lowest BCUT2D eigenvalue weighted by Gasteiger charge is -2.30. The van der Waals surface area contributed by atoms with Crippen molar-refractivity contribution in [2.75, 3.05) is 5.75 Å². The maximum Gasteiger partial charge on any atom is 0.242 e. The van der Waals surface area contributed by atoms with Crippen LogP contribution < -0.4 is 5.32 Å². The standard InChI is InChI=1S/C24H26Cl3FN2O2S/c1-15(24(32)29-17-5-2-3-6-17)30(12-16-9-10-20(26)21(27)11-16)23(31)14-33-13-18-19(25)7-4-8-22(18)28/h4,7-11,15,17H,2-3,5-6,12-14H2,1H3,(H,29,32). The molecule has 2 amide bonds. The van der Waals surface area contributed by atoms with Crippen molar-refractivity contribution in [3.63, 3.8) is 0 Å². The van der Waals surface area contributed by atoms with Crippen LogP contribution >= 0.6 is 46.6 Å². The van der Waals surface area contributed by atoms with Crippen molar-refractivity contribution in [1.29, 1.82) is 0 Å². The van der Waals surface area contributed by atoms with Crippen LogP contribution in [-0.4, -0.2) is 34.6 Å². The molecule has 1 aliphatic carbocycles. The van der Waals surface area contributed by atoms with Crippen LogP contribution in [0.4, 0.5) is 4.39 Å². The highest BCUT2D eigenvalue weighted by Gasteiger charge is 2.28. The zero-order valence-electron chi connectivity index (χ0n) is 18.3. The Bertz CT molecular complexity index is 981. The van der Waals surface area contributed by atoms with Gasteiger partial charge in [0.05, 0.1) is 15.8 Å². The maximum absolute atomic E-state index is 14.0. The molecular weight excluding hydrogens is 506 g/mol. The number of halogens is 4. The number of carbonyl (C=O) groups excluding carboxylic acids is 2. The number of carbonyl (C=O) groups is 2. The van der Waals surface area contributed by atoms with Gasteiger partial charge in [-0.2, -0.15) is 0 Å². The van der Waals surface area contributed by atoms with Gasteiger partial charge in [-0.15, -0.1) is 11.8 Å². The van der Waals surface area contributed by atoms with E-state index in [1.54, 1.807) is 37.3 Å². The third kappa shape index (κ3) is 7.25. The number of benzene rings is 2. The van der Waals surface area contributed by atoms with Crippen molar-refractivity contribution in [3.05, 3.63) is 68.4 Å². The van der Waals surface area contributed by atoms with E-state index >= 15 is 0 Å². The summed E-state index contributed by atoms with van der Waals surface area (Å²) >= 11 is 19.5. The zero-order chi connectivity index (χ0) is 24.0. The molecule has 1 aliphatic rings. The molecule has 0 bridgehead atoms. The van der Waals surface area contributed by atoms with Gasteiger partial charge in [0, 0.05) is 28.9 Å². The van der Waals surface area contributed by atoms with E-state index in [1.165, 1.54) is 22.7 Å². The first-order chi connectivity index (χ1) is 15.8. The van der Waals surface area contributed by atoms with Gasteiger partial charge in [0.15, 0.2) is 0 Å². The van der Waals surface area contributed by atoms with Gasteiger partial charge in [0.2, 0.25) is 11.8 Å². The Balaban J connectivity index is 1.70. The Morgan fingerprint density at radius 2 is 1.85 bits per heavy atom. The molecule has 0 aliphatic heterocycles. The summed E-state index contributed by atoms with van der Waals surface area (Å²) in [6, 6.07) is 9.12. The number of thioether (sulfide) groups is 1. The van der Waals surface area contributed by atoms with Crippen LogP contribution in [0.3, 0.4) is 0 Å². The summed E-state index contributed by atoms with van der Waals surface area (Å²) in [7, 11) is 0. The van der Waals surface area contributed by atoms with E-state index in [0.717, 1.165) is 31.2 Å². The topological polar surface area (TPSA) is 49.4 Å². The minimum atomic E-state index is -0.676. The summed E-state index contributed by atoms with van der Waals surface area (Å²) in [4.78, 5) is 27.6. The fourth-order valence-corrected chi connectivity index (χ4v) is 5.37.